The summed E-state index contributed by atoms with van der Waals surface area (Å²) < 4.78 is 10.9. The van der Waals surface area contributed by atoms with Crippen LogP contribution in [0.3, 0.4) is 0 Å². The summed E-state index contributed by atoms with van der Waals surface area (Å²) in [4.78, 5) is 23.8. The molecule has 0 radical (unpaired) electrons. The Bertz CT molecular complexity index is 518. The van der Waals surface area contributed by atoms with E-state index in [1.54, 1.807) is 0 Å². The van der Waals surface area contributed by atoms with Crippen LogP contribution >= 0.6 is 0 Å². The maximum atomic E-state index is 11.9. The number of ether oxygens (including phenoxy) is 2. The normalized spacial score (nSPS) is 25.0. The van der Waals surface area contributed by atoms with Gasteiger partial charge in [-0.05, 0) is 54.4 Å². The van der Waals surface area contributed by atoms with Crippen molar-refractivity contribution in [1.82, 2.24) is 0 Å². The van der Waals surface area contributed by atoms with E-state index in [1.807, 2.05) is 20.8 Å². The molecule has 2 bridgehead atoms. The van der Waals surface area contributed by atoms with Gasteiger partial charge in [-0.25, -0.2) is 0 Å². The molecular weight excluding hydrogens is 316 g/mol. The minimum atomic E-state index is -0.219. The molecule has 3 aliphatic carbocycles. The summed E-state index contributed by atoms with van der Waals surface area (Å²) in [7, 11) is 0. The number of hydrogen-bond acceptors (Lipinski definition) is 4. The molecule has 0 amide bonds. The molecule has 0 heterocycles. The SMILES string of the molecule is CCC(OC(=O)CCCC(=O)OCC1=CCC2CC1C2(C)C)C(C)C. The molecule has 0 saturated heterocycles. The zero-order valence-electron chi connectivity index (χ0n) is 16.5. The van der Waals surface area contributed by atoms with Crippen molar-refractivity contribution < 1.29 is 19.1 Å². The van der Waals surface area contributed by atoms with Gasteiger partial charge in [0.1, 0.15) is 12.7 Å². The minimum absolute atomic E-state index is 0.0349. The second-order valence-electron chi connectivity index (χ2n) is 8.52. The zero-order valence-corrected chi connectivity index (χ0v) is 16.5. The smallest absolute Gasteiger partial charge is 0.306 e. The van der Waals surface area contributed by atoms with Gasteiger partial charge in [0.25, 0.3) is 0 Å². The number of rotatable bonds is 9. The van der Waals surface area contributed by atoms with Crippen LogP contribution in [-0.2, 0) is 19.1 Å². The summed E-state index contributed by atoms with van der Waals surface area (Å²) in [6, 6.07) is 0. The van der Waals surface area contributed by atoms with Gasteiger partial charge < -0.3 is 9.47 Å². The predicted molar refractivity (Wildman–Crippen MR) is 97.9 cm³/mol. The molecule has 0 aliphatic heterocycles. The summed E-state index contributed by atoms with van der Waals surface area (Å²) in [5.41, 5.74) is 1.63. The Labute approximate surface area is 152 Å². The fraction of sp³-hybridized carbons (Fsp3) is 0.810. The zero-order chi connectivity index (χ0) is 18.6. The fourth-order valence-electron chi connectivity index (χ4n) is 4.17. The number of carbonyl (C=O) groups excluding carboxylic acids is 2. The lowest BCUT2D eigenvalue weighted by Crippen LogP contribution is -2.48. The lowest BCUT2D eigenvalue weighted by atomic mass is 9.49. The monoisotopic (exact) mass is 350 g/mol. The van der Waals surface area contributed by atoms with Crippen LogP contribution in [0.5, 0.6) is 0 Å². The number of fused-ring (bicyclic) bond motifs is 1. The molecule has 3 aliphatic rings. The van der Waals surface area contributed by atoms with Gasteiger partial charge in [-0.15, -0.1) is 0 Å². The molecule has 4 heteroatoms. The van der Waals surface area contributed by atoms with E-state index in [2.05, 4.69) is 19.9 Å². The largest absolute Gasteiger partial charge is 0.462 e. The summed E-state index contributed by atoms with van der Waals surface area (Å²) in [6.07, 6.45) is 6.42. The Hall–Kier alpha value is -1.32. The van der Waals surface area contributed by atoms with Gasteiger partial charge in [0.2, 0.25) is 0 Å². The summed E-state index contributed by atoms with van der Waals surface area (Å²) in [5.74, 6) is 1.24. The van der Waals surface area contributed by atoms with Crippen LogP contribution in [0.2, 0.25) is 0 Å². The van der Waals surface area contributed by atoms with E-state index in [1.165, 1.54) is 12.0 Å². The molecule has 0 spiro atoms. The Morgan fingerprint density at radius 2 is 1.92 bits per heavy atom. The van der Waals surface area contributed by atoms with Gasteiger partial charge in [-0.3, -0.25) is 9.59 Å². The summed E-state index contributed by atoms with van der Waals surface area (Å²) in [6.45, 7) is 11.1. The quantitative estimate of drug-likeness (QED) is 0.448. The van der Waals surface area contributed by atoms with E-state index in [0.29, 0.717) is 30.3 Å². The van der Waals surface area contributed by atoms with Gasteiger partial charge in [-0.1, -0.05) is 40.7 Å². The average molecular weight is 350 g/mol. The molecule has 25 heavy (non-hydrogen) atoms. The first-order valence-corrected chi connectivity index (χ1v) is 9.79. The van der Waals surface area contributed by atoms with Crippen molar-refractivity contribution in [1.29, 1.82) is 0 Å². The van der Waals surface area contributed by atoms with Crippen LogP contribution in [0.15, 0.2) is 11.6 Å². The second-order valence-corrected chi connectivity index (χ2v) is 8.52. The highest BCUT2D eigenvalue weighted by atomic mass is 16.5. The first-order chi connectivity index (χ1) is 11.8. The van der Waals surface area contributed by atoms with Crippen LogP contribution in [0.4, 0.5) is 0 Å². The molecule has 0 aromatic heterocycles. The number of esters is 2. The molecule has 4 nitrogen and oxygen atoms in total. The first kappa shape index (κ1) is 20.0. The topological polar surface area (TPSA) is 52.6 Å². The standard InChI is InChI=1S/C21H34O4/c1-6-18(14(2)3)25-20(23)9-7-8-19(22)24-13-15-10-11-16-12-17(15)21(16,4)5/h10,14,16-18H,6-9,11-13H2,1-5H3. The Morgan fingerprint density at radius 3 is 2.48 bits per heavy atom. The van der Waals surface area contributed by atoms with Gasteiger partial charge in [0.05, 0.1) is 0 Å². The van der Waals surface area contributed by atoms with Crippen molar-refractivity contribution in [3.05, 3.63) is 11.6 Å². The highest BCUT2D eigenvalue weighted by Crippen LogP contribution is 2.59. The third-order valence-corrected chi connectivity index (χ3v) is 6.17. The van der Waals surface area contributed by atoms with E-state index in [9.17, 15) is 9.59 Å². The van der Waals surface area contributed by atoms with Crippen molar-refractivity contribution >= 4 is 11.9 Å². The van der Waals surface area contributed by atoms with Gasteiger partial charge in [0.15, 0.2) is 0 Å². The molecule has 1 fully saturated rings. The van der Waals surface area contributed by atoms with Crippen LogP contribution < -0.4 is 0 Å². The van der Waals surface area contributed by atoms with Crippen molar-refractivity contribution in [2.75, 3.05) is 6.61 Å². The van der Waals surface area contributed by atoms with E-state index in [4.69, 9.17) is 9.47 Å². The molecule has 0 aromatic carbocycles. The maximum Gasteiger partial charge on any atom is 0.306 e. The Kier molecular flexibility index (Phi) is 6.70. The molecular formula is C21H34O4. The molecule has 142 valence electrons. The number of carbonyl (C=O) groups is 2. The van der Waals surface area contributed by atoms with Crippen molar-refractivity contribution in [3.8, 4) is 0 Å². The third kappa shape index (κ3) is 4.86. The van der Waals surface area contributed by atoms with Crippen molar-refractivity contribution in [3.63, 3.8) is 0 Å². The third-order valence-electron chi connectivity index (χ3n) is 6.17. The maximum absolute atomic E-state index is 11.9. The predicted octanol–water partition coefficient (Wildman–Crippen LogP) is 4.67. The van der Waals surface area contributed by atoms with E-state index in [-0.39, 0.29) is 30.9 Å². The van der Waals surface area contributed by atoms with Crippen LogP contribution in [0, 0.1) is 23.2 Å². The lowest BCUT2D eigenvalue weighted by molar-refractivity contribution is -0.151. The van der Waals surface area contributed by atoms with Crippen molar-refractivity contribution in [2.45, 2.75) is 79.2 Å². The highest BCUT2D eigenvalue weighted by molar-refractivity contribution is 5.72. The summed E-state index contributed by atoms with van der Waals surface area (Å²) in [5, 5.41) is 0. The molecule has 3 rings (SSSR count). The highest BCUT2D eigenvalue weighted by Gasteiger charge is 2.51. The lowest BCUT2D eigenvalue weighted by Gasteiger charge is -2.56. The molecule has 0 aromatic rings. The minimum Gasteiger partial charge on any atom is -0.462 e. The van der Waals surface area contributed by atoms with E-state index in [0.717, 1.165) is 18.8 Å². The van der Waals surface area contributed by atoms with E-state index >= 15 is 0 Å². The summed E-state index contributed by atoms with van der Waals surface area (Å²) >= 11 is 0. The fourth-order valence-corrected chi connectivity index (χ4v) is 4.17. The van der Waals surface area contributed by atoms with Crippen LogP contribution in [-0.4, -0.2) is 24.6 Å². The molecule has 3 unspecified atom stereocenters. The Balaban J connectivity index is 1.63. The van der Waals surface area contributed by atoms with Gasteiger partial charge in [0, 0.05) is 12.8 Å². The van der Waals surface area contributed by atoms with E-state index < -0.39 is 0 Å². The number of allylic oxidation sites excluding steroid dienone is 1. The van der Waals surface area contributed by atoms with Gasteiger partial charge >= 0.3 is 11.9 Å². The first-order valence-electron chi connectivity index (χ1n) is 9.79. The molecule has 1 saturated carbocycles. The molecule has 3 atom stereocenters. The van der Waals surface area contributed by atoms with Crippen LogP contribution in [0.25, 0.3) is 0 Å². The van der Waals surface area contributed by atoms with Crippen LogP contribution in [0.1, 0.15) is 73.1 Å². The molecule has 0 N–H and O–H groups in total. The average Bonchev–Trinajstić information content (AvgIpc) is 2.57. The second kappa shape index (κ2) is 8.37. The van der Waals surface area contributed by atoms with Gasteiger partial charge in [-0.2, -0.15) is 0 Å². The number of hydrogen-bond donors (Lipinski definition) is 0. The van der Waals surface area contributed by atoms with Crippen molar-refractivity contribution in [2.24, 2.45) is 23.2 Å². The Morgan fingerprint density at radius 1 is 1.24 bits per heavy atom.